The maximum Gasteiger partial charge on any atom is 0.300 e. The summed E-state index contributed by atoms with van der Waals surface area (Å²) < 4.78 is 7.66. The van der Waals surface area contributed by atoms with Crippen LogP contribution in [0.1, 0.15) is 0 Å². The summed E-state index contributed by atoms with van der Waals surface area (Å²) in [5.41, 5.74) is 2.21. The second-order valence-electron chi connectivity index (χ2n) is 8.80. The molecule has 1 aromatic heterocycles. The number of nitrogens with zero attached hydrogens (tertiary/aromatic N) is 3. The zero-order valence-electron chi connectivity index (χ0n) is 18.0. The number of fused-ring (bicyclic) bond motifs is 2. The maximum atomic E-state index is 11.8. The number of nitrogens with one attached hydrogen (secondary N) is 1. The number of hydrogen-bond acceptors (Lipinski definition) is 5. The number of anilines is 2. The second-order valence-corrected chi connectivity index (χ2v) is 14.4. The minimum Gasteiger partial charge on any atom is -0.360 e. The van der Waals surface area contributed by atoms with Gasteiger partial charge in [-0.15, -0.1) is 0 Å². The average molecular weight is 435 g/mol. The van der Waals surface area contributed by atoms with Crippen molar-refractivity contribution in [1.29, 1.82) is 0 Å². The topological polar surface area (TPSA) is 82.2 Å². The van der Waals surface area contributed by atoms with Crippen LogP contribution in [-0.2, 0) is 11.5 Å². The quantitative estimate of drug-likeness (QED) is 0.156. The Bertz CT molecular complexity index is 1250. The van der Waals surface area contributed by atoms with E-state index in [1.54, 1.807) is 18.3 Å². The predicted molar refractivity (Wildman–Crippen MR) is 128 cm³/mol. The molecule has 8 heteroatoms. The summed E-state index contributed by atoms with van der Waals surface area (Å²) in [6, 6.07) is 17.9. The Morgan fingerprint density at radius 3 is 2.61 bits per heavy atom. The fourth-order valence-corrected chi connectivity index (χ4v) is 4.30. The third-order valence-corrected chi connectivity index (χ3v) is 6.95. The highest BCUT2D eigenvalue weighted by atomic mass is 28.3. The van der Waals surface area contributed by atoms with Crippen molar-refractivity contribution in [3.8, 4) is 0 Å². The minimum atomic E-state index is -1.14. The molecule has 0 aliphatic rings. The van der Waals surface area contributed by atoms with Crippen molar-refractivity contribution < 1.29 is 9.66 Å². The van der Waals surface area contributed by atoms with Crippen molar-refractivity contribution in [3.63, 3.8) is 0 Å². The zero-order chi connectivity index (χ0) is 22.0. The molecule has 0 fully saturated rings. The van der Waals surface area contributed by atoms with Gasteiger partial charge >= 0.3 is 0 Å². The number of aromatic nitrogens is 2. The van der Waals surface area contributed by atoms with Crippen LogP contribution >= 0.6 is 0 Å². The maximum absolute atomic E-state index is 11.8. The van der Waals surface area contributed by atoms with Gasteiger partial charge in [-0.2, -0.15) is 5.10 Å². The summed E-state index contributed by atoms with van der Waals surface area (Å²) >= 11 is 0. The summed E-state index contributed by atoms with van der Waals surface area (Å²) in [5.74, 6) is 0. The molecule has 0 bridgehead atoms. The normalized spacial score (nSPS) is 11.8. The van der Waals surface area contributed by atoms with Gasteiger partial charge in [0, 0.05) is 25.8 Å². The number of nitro benzene ring substituents is 1. The molecule has 160 valence electrons. The van der Waals surface area contributed by atoms with Crippen LogP contribution in [-0.4, -0.2) is 29.4 Å². The van der Waals surface area contributed by atoms with E-state index >= 15 is 0 Å². The smallest absolute Gasteiger partial charge is 0.300 e. The van der Waals surface area contributed by atoms with Gasteiger partial charge in [0.25, 0.3) is 5.69 Å². The van der Waals surface area contributed by atoms with E-state index < -0.39 is 8.07 Å². The fourth-order valence-electron chi connectivity index (χ4n) is 3.54. The van der Waals surface area contributed by atoms with Crippen LogP contribution in [0.4, 0.5) is 17.1 Å². The van der Waals surface area contributed by atoms with Crippen LogP contribution in [0.5, 0.6) is 0 Å². The SMILES string of the molecule is C[Si](C)(C)CCOCn1ncc2c(Nc3ccc4ccccc4c3[N+](=O)[O-])cccc21. The minimum absolute atomic E-state index is 0.0668. The number of benzene rings is 3. The van der Waals surface area contributed by atoms with Crippen LogP contribution in [0.3, 0.4) is 0 Å². The molecule has 0 unspecified atom stereocenters. The monoisotopic (exact) mass is 434 g/mol. The molecule has 0 saturated carbocycles. The van der Waals surface area contributed by atoms with E-state index in [0.717, 1.165) is 34.6 Å². The first-order chi connectivity index (χ1) is 14.8. The first-order valence-electron chi connectivity index (χ1n) is 10.3. The van der Waals surface area contributed by atoms with Crippen molar-refractivity contribution in [3.05, 3.63) is 70.9 Å². The highest BCUT2D eigenvalue weighted by Crippen LogP contribution is 2.36. The summed E-state index contributed by atoms with van der Waals surface area (Å²) in [6.45, 7) is 8.07. The van der Waals surface area contributed by atoms with Crippen molar-refractivity contribution >= 4 is 46.8 Å². The first kappa shape index (κ1) is 21.0. The average Bonchev–Trinajstić information content (AvgIpc) is 3.14. The Kier molecular flexibility index (Phi) is 5.75. The Labute approximate surface area is 181 Å². The van der Waals surface area contributed by atoms with Crippen molar-refractivity contribution in [1.82, 2.24) is 9.78 Å². The third kappa shape index (κ3) is 4.60. The number of rotatable bonds is 8. The highest BCUT2D eigenvalue weighted by molar-refractivity contribution is 6.76. The van der Waals surface area contributed by atoms with E-state index in [0.29, 0.717) is 17.8 Å². The lowest BCUT2D eigenvalue weighted by Crippen LogP contribution is -2.22. The molecule has 1 heterocycles. The van der Waals surface area contributed by atoms with Gasteiger partial charge in [0.2, 0.25) is 0 Å². The molecule has 1 N–H and O–H groups in total. The van der Waals surface area contributed by atoms with E-state index in [1.807, 2.05) is 47.1 Å². The van der Waals surface area contributed by atoms with Gasteiger partial charge in [-0.05, 0) is 35.7 Å². The molecule has 4 aromatic rings. The second kappa shape index (κ2) is 8.48. The molecule has 0 radical (unpaired) electrons. The van der Waals surface area contributed by atoms with Crippen LogP contribution in [0.25, 0.3) is 21.7 Å². The Balaban J connectivity index is 1.62. The largest absolute Gasteiger partial charge is 0.360 e. The molecule has 3 aromatic carbocycles. The third-order valence-electron chi connectivity index (χ3n) is 5.25. The molecular weight excluding hydrogens is 408 g/mol. The molecule has 31 heavy (non-hydrogen) atoms. The molecule has 0 atom stereocenters. The van der Waals surface area contributed by atoms with Gasteiger partial charge in [-0.1, -0.05) is 50.0 Å². The van der Waals surface area contributed by atoms with E-state index in [1.165, 1.54) is 0 Å². The van der Waals surface area contributed by atoms with Crippen LogP contribution < -0.4 is 5.32 Å². The summed E-state index contributed by atoms with van der Waals surface area (Å²) in [6.07, 6.45) is 1.77. The number of ether oxygens (including phenoxy) is 1. The highest BCUT2D eigenvalue weighted by Gasteiger charge is 2.19. The van der Waals surface area contributed by atoms with E-state index in [-0.39, 0.29) is 10.6 Å². The molecule has 7 nitrogen and oxygen atoms in total. The van der Waals surface area contributed by atoms with Crippen LogP contribution in [0, 0.1) is 10.1 Å². The Hall–Kier alpha value is -3.23. The molecule has 0 aliphatic heterocycles. The van der Waals surface area contributed by atoms with E-state index in [2.05, 4.69) is 30.1 Å². The number of hydrogen-bond donors (Lipinski definition) is 1. The first-order valence-corrected chi connectivity index (χ1v) is 14.0. The summed E-state index contributed by atoms with van der Waals surface area (Å²) in [7, 11) is -1.14. The van der Waals surface area contributed by atoms with Gasteiger partial charge in [-0.3, -0.25) is 10.1 Å². The lowest BCUT2D eigenvalue weighted by atomic mass is 10.1. The van der Waals surface area contributed by atoms with Gasteiger partial charge < -0.3 is 10.1 Å². The van der Waals surface area contributed by atoms with Crippen molar-refractivity contribution in [2.45, 2.75) is 32.4 Å². The van der Waals surface area contributed by atoms with Crippen LogP contribution in [0.2, 0.25) is 25.7 Å². The molecule has 0 aliphatic carbocycles. The molecular formula is C23H26N4O3Si. The van der Waals surface area contributed by atoms with Gasteiger partial charge in [-0.25, -0.2) is 4.68 Å². The Morgan fingerprint density at radius 2 is 1.84 bits per heavy atom. The lowest BCUT2D eigenvalue weighted by Gasteiger charge is -2.15. The predicted octanol–water partition coefficient (Wildman–Crippen LogP) is 6.15. The fraction of sp³-hybridized carbons (Fsp3) is 0.261. The standard InChI is InChI=1S/C23H26N4O3Si/c1-31(2,3)14-13-30-16-26-22-10-6-9-20(19(22)15-24-26)25-21-12-11-17-7-4-5-8-18(17)23(21)27(28)29/h4-12,15,25H,13-14,16H2,1-3H3. The van der Waals surface area contributed by atoms with Gasteiger partial charge in [0.1, 0.15) is 12.4 Å². The van der Waals surface area contributed by atoms with Gasteiger partial charge in [0.15, 0.2) is 0 Å². The van der Waals surface area contributed by atoms with Crippen LogP contribution in [0.15, 0.2) is 60.8 Å². The van der Waals surface area contributed by atoms with Gasteiger partial charge in [0.05, 0.1) is 22.0 Å². The van der Waals surface area contributed by atoms with Crippen molar-refractivity contribution in [2.75, 3.05) is 11.9 Å². The zero-order valence-corrected chi connectivity index (χ0v) is 19.0. The Morgan fingerprint density at radius 1 is 1.03 bits per heavy atom. The molecule has 4 rings (SSSR count). The van der Waals surface area contributed by atoms with E-state index in [4.69, 9.17) is 4.74 Å². The number of nitro groups is 1. The van der Waals surface area contributed by atoms with E-state index in [9.17, 15) is 10.1 Å². The lowest BCUT2D eigenvalue weighted by molar-refractivity contribution is -0.382. The molecule has 0 spiro atoms. The summed E-state index contributed by atoms with van der Waals surface area (Å²) in [4.78, 5) is 11.5. The van der Waals surface area contributed by atoms with Crippen molar-refractivity contribution in [2.24, 2.45) is 0 Å². The molecule has 0 amide bonds. The summed E-state index contributed by atoms with van der Waals surface area (Å²) in [5, 5.41) is 21.9. The molecule has 0 saturated heterocycles.